The maximum Gasteiger partial charge on any atom is 0.238 e. The fourth-order valence-corrected chi connectivity index (χ4v) is 3.34. The van der Waals surface area contributed by atoms with Gasteiger partial charge in [-0.1, -0.05) is 18.0 Å². The second-order valence-corrected chi connectivity index (χ2v) is 6.28. The van der Waals surface area contributed by atoms with Gasteiger partial charge in [0.2, 0.25) is 17.6 Å². The van der Waals surface area contributed by atoms with Crippen molar-refractivity contribution in [2.45, 2.75) is 38.0 Å². The van der Waals surface area contributed by atoms with Crippen molar-refractivity contribution < 1.29 is 13.7 Å². The summed E-state index contributed by atoms with van der Waals surface area (Å²) in [7, 11) is 0. The van der Waals surface area contributed by atoms with Crippen LogP contribution in [-0.4, -0.2) is 34.0 Å². The van der Waals surface area contributed by atoms with E-state index in [2.05, 4.69) is 10.1 Å². The third-order valence-electron chi connectivity index (χ3n) is 4.70. The molecule has 4 rings (SSSR count). The number of amides is 1. The number of carbonyl (C=O) groups excluding carboxylic acids is 1. The van der Waals surface area contributed by atoms with E-state index in [-0.39, 0.29) is 11.8 Å². The highest BCUT2D eigenvalue weighted by molar-refractivity contribution is 5.77. The Morgan fingerprint density at radius 3 is 2.86 bits per heavy atom. The van der Waals surface area contributed by atoms with E-state index in [4.69, 9.17) is 8.94 Å². The lowest BCUT2D eigenvalue weighted by Crippen LogP contribution is -2.48. The van der Waals surface area contributed by atoms with Crippen molar-refractivity contribution in [1.82, 2.24) is 15.0 Å². The summed E-state index contributed by atoms with van der Waals surface area (Å²) < 4.78 is 10.5. The predicted molar refractivity (Wildman–Crippen MR) is 77.9 cm³/mol. The van der Waals surface area contributed by atoms with E-state index >= 15 is 0 Å². The van der Waals surface area contributed by atoms with Gasteiger partial charge in [0.15, 0.2) is 5.76 Å². The first-order chi connectivity index (χ1) is 10.8. The highest BCUT2D eigenvalue weighted by atomic mass is 16.5. The fraction of sp³-hybridized carbons (Fsp3) is 0.562. The molecule has 1 saturated carbocycles. The minimum absolute atomic E-state index is 0.156. The maximum atomic E-state index is 12.2. The summed E-state index contributed by atoms with van der Waals surface area (Å²) in [6, 6.07) is 3.59. The number of hydrogen-bond donors (Lipinski definition) is 0. The van der Waals surface area contributed by atoms with Crippen molar-refractivity contribution >= 4 is 5.91 Å². The lowest BCUT2D eigenvalue weighted by Gasteiger charge is -2.37. The molecule has 1 aliphatic heterocycles. The number of nitrogens with zero attached hydrogens (tertiary/aromatic N) is 3. The van der Waals surface area contributed by atoms with Gasteiger partial charge in [-0.2, -0.15) is 4.98 Å². The Morgan fingerprint density at radius 2 is 2.14 bits per heavy atom. The van der Waals surface area contributed by atoms with Crippen LogP contribution in [0.1, 0.15) is 43.9 Å². The quantitative estimate of drug-likeness (QED) is 0.868. The molecule has 0 unspecified atom stereocenters. The number of likely N-dealkylation sites (tertiary alicyclic amines) is 1. The first kappa shape index (κ1) is 13.5. The van der Waals surface area contributed by atoms with E-state index in [1.807, 2.05) is 4.90 Å². The summed E-state index contributed by atoms with van der Waals surface area (Å²) >= 11 is 0. The Bertz CT molecular complexity index is 637. The second-order valence-electron chi connectivity index (χ2n) is 6.28. The molecule has 1 saturated heterocycles. The first-order valence-electron chi connectivity index (χ1n) is 7.95. The zero-order valence-corrected chi connectivity index (χ0v) is 12.4. The Balaban J connectivity index is 1.32. The van der Waals surface area contributed by atoms with Crippen LogP contribution < -0.4 is 0 Å². The van der Waals surface area contributed by atoms with E-state index in [0.29, 0.717) is 42.9 Å². The molecular formula is C16H19N3O3. The number of furan rings is 1. The van der Waals surface area contributed by atoms with Crippen molar-refractivity contribution in [3.63, 3.8) is 0 Å². The molecule has 0 radical (unpaired) electrons. The minimum atomic E-state index is 0.156. The first-order valence-corrected chi connectivity index (χ1v) is 7.95. The van der Waals surface area contributed by atoms with E-state index in [9.17, 15) is 4.79 Å². The molecule has 1 aliphatic carbocycles. The van der Waals surface area contributed by atoms with E-state index in [0.717, 1.165) is 0 Å². The van der Waals surface area contributed by atoms with Crippen LogP contribution >= 0.6 is 0 Å². The van der Waals surface area contributed by atoms with Crippen molar-refractivity contribution in [3.05, 3.63) is 24.3 Å². The Hall–Kier alpha value is -2.11. The van der Waals surface area contributed by atoms with Gasteiger partial charge in [0.25, 0.3) is 0 Å². The molecule has 2 aromatic rings. The highest BCUT2D eigenvalue weighted by Crippen LogP contribution is 2.32. The van der Waals surface area contributed by atoms with Crippen LogP contribution in [0.2, 0.25) is 0 Å². The molecule has 2 aromatic heterocycles. The zero-order chi connectivity index (χ0) is 14.9. The van der Waals surface area contributed by atoms with Gasteiger partial charge in [-0.05, 0) is 30.9 Å². The molecule has 116 valence electrons. The van der Waals surface area contributed by atoms with Crippen LogP contribution in [0, 0.1) is 5.92 Å². The van der Waals surface area contributed by atoms with Crippen LogP contribution in [0.5, 0.6) is 0 Å². The molecule has 2 fully saturated rings. The summed E-state index contributed by atoms with van der Waals surface area (Å²) in [5.74, 6) is 2.69. The van der Waals surface area contributed by atoms with Gasteiger partial charge >= 0.3 is 0 Å². The van der Waals surface area contributed by atoms with Crippen LogP contribution in [-0.2, 0) is 4.79 Å². The van der Waals surface area contributed by atoms with Gasteiger partial charge in [0, 0.05) is 19.5 Å². The van der Waals surface area contributed by atoms with E-state index in [1.54, 1.807) is 18.4 Å². The SMILES string of the molecule is O=C(CC1CCCC1)N1CC(c2nc(-c3ccco3)no2)C1. The molecule has 6 heteroatoms. The summed E-state index contributed by atoms with van der Waals surface area (Å²) in [6.07, 6.45) is 7.25. The smallest absolute Gasteiger partial charge is 0.238 e. The largest absolute Gasteiger partial charge is 0.461 e. The number of aromatic nitrogens is 2. The molecule has 6 nitrogen and oxygen atoms in total. The predicted octanol–water partition coefficient (Wildman–Crippen LogP) is 2.84. The highest BCUT2D eigenvalue weighted by Gasteiger charge is 2.36. The number of carbonyl (C=O) groups is 1. The topological polar surface area (TPSA) is 72.4 Å². The molecule has 0 spiro atoms. The molecule has 0 bridgehead atoms. The van der Waals surface area contributed by atoms with Crippen LogP contribution in [0.25, 0.3) is 11.6 Å². The standard InChI is InChI=1S/C16H19N3O3/c20-14(8-11-4-1-2-5-11)19-9-12(10-19)16-17-15(18-22-16)13-6-3-7-21-13/h3,6-7,11-12H,1-2,4-5,8-10H2. The van der Waals surface area contributed by atoms with E-state index in [1.165, 1.54) is 25.7 Å². The molecule has 1 amide bonds. The van der Waals surface area contributed by atoms with Gasteiger partial charge < -0.3 is 13.8 Å². The van der Waals surface area contributed by atoms with Crippen LogP contribution in [0.3, 0.4) is 0 Å². The molecular weight excluding hydrogens is 282 g/mol. The van der Waals surface area contributed by atoms with Gasteiger partial charge in [-0.15, -0.1) is 0 Å². The minimum Gasteiger partial charge on any atom is -0.461 e. The summed E-state index contributed by atoms with van der Waals surface area (Å²) in [4.78, 5) is 18.5. The third kappa shape index (κ3) is 2.53. The normalized spacial score (nSPS) is 19.5. The van der Waals surface area contributed by atoms with Crippen molar-refractivity contribution in [2.24, 2.45) is 5.92 Å². The number of hydrogen-bond acceptors (Lipinski definition) is 5. The molecule has 0 aromatic carbocycles. The number of rotatable bonds is 4. The Kier molecular flexibility index (Phi) is 3.44. The molecule has 0 atom stereocenters. The molecule has 3 heterocycles. The average Bonchev–Trinajstić information content (AvgIpc) is 3.19. The van der Waals surface area contributed by atoms with Gasteiger partial charge in [0.05, 0.1) is 12.2 Å². The van der Waals surface area contributed by atoms with Crippen molar-refractivity contribution in [2.75, 3.05) is 13.1 Å². The lowest BCUT2D eigenvalue weighted by molar-refractivity contribution is -0.137. The molecule has 0 N–H and O–H groups in total. The van der Waals surface area contributed by atoms with Gasteiger partial charge in [0.1, 0.15) is 0 Å². The van der Waals surface area contributed by atoms with Crippen molar-refractivity contribution in [1.29, 1.82) is 0 Å². The zero-order valence-electron chi connectivity index (χ0n) is 12.4. The average molecular weight is 301 g/mol. The van der Waals surface area contributed by atoms with Gasteiger partial charge in [-0.25, -0.2) is 0 Å². The van der Waals surface area contributed by atoms with Crippen molar-refractivity contribution in [3.8, 4) is 11.6 Å². The third-order valence-corrected chi connectivity index (χ3v) is 4.70. The molecule has 22 heavy (non-hydrogen) atoms. The second kappa shape index (κ2) is 5.59. The summed E-state index contributed by atoms with van der Waals surface area (Å²) in [6.45, 7) is 1.37. The summed E-state index contributed by atoms with van der Waals surface area (Å²) in [5.41, 5.74) is 0. The van der Waals surface area contributed by atoms with Gasteiger partial charge in [-0.3, -0.25) is 4.79 Å². The van der Waals surface area contributed by atoms with Crippen LogP contribution in [0.4, 0.5) is 0 Å². The Morgan fingerprint density at radius 1 is 1.32 bits per heavy atom. The Labute approximate surface area is 128 Å². The fourth-order valence-electron chi connectivity index (χ4n) is 3.34. The lowest BCUT2D eigenvalue weighted by atomic mass is 9.97. The maximum absolute atomic E-state index is 12.2. The van der Waals surface area contributed by atoms with Crippen LogP contribution in [0.15, 0.2) is 27.3 Å². The van der Waals surface area contributed by atoms with E-state index < -0.39 is 0 Å². The summed E-state index contributed by atoms with van der Waals surface area (Å²) in [5, 5.41) is 3.93. The molecule has 2 aliphatic rings. The monoisotopic (exact) mass is 301 g/mol.